The van der Waals surface area contributed by atoms with Gasteiger partial charge < -0.3 is 30.6 Å². The van der Waals surface area contributed by atoms with Gasteiger partial charge in [-0.3, -0.25) is 0 Å². The van der Waals surface area contributed by atoms with Crippen LogP contribution in [0.15, 0.2) is 139 Å². The summed E-state index contributed by atoms with van der Waals surface area (Å²) in [4.78, 5) is 4.67. The monoisotopic (exact) mass is 1390 g/mol. The molecular weight excluding hydrogens is 1270 g/mol. The Balaban J connectivity index is 0.000000480. The molecule has 6 N–H and O–H groups in total. The third-order valence-electron chi connectivity index (χ3n) is 16.9. The molecule has 0 aromatic heterocycles. The van der Waals surface area contributed by atoms with E-state index >= 15 is 0 Å². The van der Waals surface area contributed by atoms with Gasteiger partial charge in [-0.15, -0.1) is 0 Å². The molecule has 2 radical (unpaired) electrons. The summed E-state index contributed by atoms with van der Waals surface area (Å²) in [6.07, 6.45) is 6.23. The van der Waals surface area contributed by atoms with E-state index in [1.807, 2.05) is 36.4 Å². The standard InChI is InChI=1S/3C28H42O2S.Co.Li/c3*1-25(2,3)17-27(7,8)19-11-13-21(29)23(15-19)31-24-16-20(12-14-22(24)30)28(9,10)18-26(4,5)6;;/h3*11-16,29-30H,17-18H2,1-10H3;;. The molecule has 6 aromatic rings. The summed E-state index contributed by atoms with van der Waals surface area (Å²) in [6, 6.07) is 35.3. The second-order valence-corrected chi connectivity index (χ2v) is 41.4. The average Bonchev–Trinajstić information content (AvgIpc) is 0.816. The van der Waals surface area contributed by atoms with Crippen molar-refractivity contribution in [1.82, 2.24) is 0 Å². The van der Waals surface area contributed by atoms with Crippen molar-refractivity contribution >= 4 is 54.1 Å². The summed E-state index contributed by atoms with van der Waals surface area (Å²) in [5.41, 5.74) is 8.37. The summed E-state index contributed by atoms with van der Waals surface area (Å²) in [7, 11) is 0. The minimum absolute atomic E-state index is 0. The number of phenols is 6. The summed E-state index contributed by atoms with van der Waals surface area (Å²) < 4.78 is 0. The number of benzene rings is 6. The van der Waals surface area contributed by atoms with Crippen molar-refractivity contribution in [2.24, 2.45) is 32.5 Å². The van der Waals surface area contributed by atoms with E-state index in [1.165, 1.54) is 68.7 Å². The Morgan fingerprint density at radius 2 is 0.316 bits per heavy atom. The van der Waals surface area contributed by atoms with Crippen molar-refractivity contribution in [2.75, 3.05) is 0 Å². The van der Waals surface area contributed by atoms with E-state index in [2.05, 4.69) is 244 Å². The van der Waals surface area contributed by atoms with E-state index in [-0.39, 0.29) is 135 Å². The normalized spacial score (nSPS) is 13.2. The Kier molecular flexibility index (Phi) is 29.7. The van der Waals surface area contributed by atoms with Gasteiger partial charge in [0, 0.05) is 35.6 Å². The third kappa shape index (κ3) is 28.1. The molecule has 95 heavy (non-hydrogen) atoms. The first-order valence-corrected chi connectivity index (χ1v) is 36.2. The Hall–Kier alpha value is -3.73. The van der Waals surface area contributed by atoms with Crippen LogP contribution in [-0.4, -0.2) is 49.5 Å². The van der Waals surface area contributed by atoms with E-state index in [4.69, 9.17) is 0 Å². The fraction of sp³-hybridized carbons (Fsp3) is 0.571. The van der Waals surface area contributed by atoms with Gasteiger partial charge >= 0.3 is 0 Å². The van der Waals surface area contributed by atoms with Crippen LogP contribution in [0.3, 0.4) is 0 Å². The summed E-state index contributed by atoms with van der Waals surface area (Å²) in [6.45, 7) is 67.7. The molecule has 0 aliphatic rings. The van der Waals surface area contributed by atoms with Crippen LogP contribution in [0.1, 0.15) is 280 Å². The van der Waals surface area contributed by atoms with Gasteiger partial charge in [-0.1, -0.05) is 279 Å². The maximum Gasteiger partial charge on any atom is 0.129 e. The second kappa shape index (κ2) is 32.3. The predicted octanol–water partition coefficient (Wildman–Crippen LogP) is 25.6. The molecule has 0 heterocycles. The van der Waals surface area contributed by atoms with E-state index in [0.717, 1.165) is 67.9 Å². The van der Waals surface area contributed by atoms with Crippen LogP contribution >= 0.6 is 35.3 Å². The van der Waals surface area contributed by atoms with Gasteiger partial charge in [0.25, 0.3) is 0 Å². The SMILES string of the molecule is CC(C)(C)CC(C)(C)c1ccc(O)c(Sc2cc(C(C)(C)CC(C)(C)C)ccc2O)c1.CC(C)(C)CC(C)(C)c1ccc(O)c(Sc2cc(C(C)(C)CC(C)(C)C)ccc2O)c1.CC(C)(C)CC(C)(C)c1ccc(O)c(Sc2cc(C(C)(C)CC(C)(C)C)ccc2O)c1.[Co].[Li]. The van der Waals surface area contributed by atoms with E-state index in [1.54, 1.807) is 36.4 Å². The first-order valence-electron chi connectivity index (χ1n) is 33.7. The van der Waals surface area contributed by atoms with E-state index < -0.39 is 0 Å². The molecule has 0 bridgehead atoms. The molecule has 526 valence electrons. The molecule has 6 nitrogen and oxygen atoms in total. The maximum absolute atomic E-state index is 10.6. The molecular formula is C84H126CoLiO6S3. The molecule has 0 saturated carbocycles. The van der Waals surface area contributed by atoms with Gasteiger partial charge in [-0.25, -0.2) is 0 Å². The fourth-order valence-electron chi connectivity index (χ4n) is 15.0. The zero-order chi connectivity index (χ0) is 71.5. The maximum atomic E-state index is 10.6. The van der Waals surface area contributed by atoms with Crippen molar-refractivity contribution in [3.8, 4) is 34.5 Å². The van der Waals surface area contributed by atoms with Gasteiger partial charge in [0.2, 0.25) is 0 Å². The average molecular weight is 1390 g/mol. The van der Waals surface area contributed by atoms with Crippen LogP contribution in [0.2, 0.25) is 0 Å². The zero-order valence-electron chi connectivity index (χ0n) is 64.9. The van der Waals surface area contributed by atoms with Crippen LogP contribution in [0, 0.1) is 32.5 Å². The van der Waals surface area contributed by atoms with Crippen LogP contribution < -0.4 is 0 Å². The zero-order valence-corrected chi connectivity index (χ0v) is 68.4. The number of rotatable bonds is 18. The Labute approximate surface area is 614 Å². The summed E-state index contributed by atoms with van der Waals surface area (Å²) in [5, 5.41) is 63.4. The van der Waals surface area contributed by atoms with E-state index in [0.29, 0.717) is 0 Å². The Morgan fingerprint density at radius 3 is 0.411 bits per heavy atom. The fourth-order valence-corrected chi connectivity index (χ4v) is 17.9. The number of phenolic OH excluding ortho intramolecular Hbond substituents is 6. The second-order valence-electron chi connectivity index (χ2n) is 38.1. The first kappa shape index (κ1) is 87.4. The van der Waals surface area contributed by atoms with Gasteiger partial charge in [-0.2, -0.15) is 0 Å². The number of hydrogen-bond donors (Lipinski definition) is 6. The van der Waals surface area contributed by atoms with Crippen molar-refractivity contribution in [1.29, 1.82) is 0 Å². The minimum atomic E-state index is -0.0140. The molecule has 6 aromatic carbocycles. The summed E-state index contributed by atoms with van der Waals surface area (Å²) in [5.74, 6) is 1.49. The van der Waals surface area contributed by atoms with Crippen LogP contribution in [0.5, 0.6) is 34.5 Å². The minimum Gasteiger partial charge on any atom is -0.507 e. The van der Waals surface area contributed by atoms with Crippen LogP contribution in [0.25, 0.3) is 0 Å². The number of aromatic hydroxyl groups is 6. The van der Waals surface area contributed by atoms with Crippen molar-refractivity contribution in [3.63, 3.8) is 0 Å². The topological polar surface area (TPSA) is 121 Å². The van der Waals surface area contributed by atoms with Gasteiger partial charge in [0.05, 0.1) is 29.4 Å². The number of hydrogen-bond acceptors (Lipinski definition) is 9. The molecule has 11 heteroatoms. The van der Waals surface area contributed by atoms with Gasteiger partial charge in [0.1, 0.15) is 34.5 Å². The molecule has 0 fully saturated rings. The van der Waals surface area contributed by atoms with E-state index in [9.17, 15) is 30.6 Å². The third-order valence-corrected chi connectivity index (χ3v) is 20.2. The molecule has 0 saturated heterocycles. The molecule has 6 rings (SSSR count). The molecule has 0 unspecified atom stereocenters. The molecule has 0 amide bonds. The first-order chi connectivity index (χ1) is 41.7. The Morgan fingerprint density at radius 1 is 0.211 bits per heavy atom. The van der Waals surface area contributed by atoms with Crippen LogP contribution in [-0.2, 0) is 49.3 Å². The summed E-state index contributed by atoms with van der Waals surface area (Å²) >= 11 is 4.31. The van der Waals surface area contributed by atoms with Crippen LogP contribution in [0.4, 0.5) is 0 Å². The van der Waals surface area contributed by atoms with Crippen molar-refractivity contribution < 1.29 is 47.4 Å². The molecule has 0 atom stereocenters. The Bertz CT molecular complexity index is 2890. The molecule has 0 aliphatic heterocycles. The van der Waals surface area contributed by atoms with Gasteiger partial charge in [-0.05, 0) is 210 Å². The predicted molar refractivity (Wildman–Crippen MR) is 409 cm³/mol. The van der Waals surface area contributed by atoms with Crippen molar-refractivity contribution in [2.45, 2.75) is 308 Å². The molecule has 0 spiro atoms. The van der Waals surface area contributed by atoms with Gasteiger partial charge in [0.15, 0.2) is 0 Å². The smallest absolute Gasteiger partial charge is 0.129 e. The largest absolute Gasteiger partial charge is 0.507 e. The molecule has 0 aliphatic carbocycles. The van der Waals surface area contributed by atoms with Crippen molar-refractivity contribution in [3.05, 3.63) is 143 Å². The quantitative estimate of drug-likeness (QED) is 0.0467.